The minimum atomic E-state index is -0.543. The van der Waals surface area contributed by atoms with Gasteiger partial charge in [-0.2, -0.15) is 0 Å². The molecule has 0 saturated carbocycles. The van der Waals surface area contributed by atoms with Gasteiger partial charge in [0.1, 0.15) is 11.8 Å². The molecule has 2 aromatic rings. The van der Waals surface area contributed by atoms with Crippen molar-refractivity contribution in [2.75, 3.05) is 13.2 Å². The maximum Gasteiger partial charge on any atom is 0.261 e. The van der Waals surface area contributed by atoms with Crippen LogP contribution in [0.4, 0.5) is 0 Å². The number of rotatable bonds is 12. The highest BCUT2D eigenvalue weighted by atomic mass is 79.9. The molecule has 0 fully saturated rings. The average Bonchev–Trinajstić information content (AvgIpc) is 2.78. The summed E-state index contributed by atoms with van der Waals surface area (Å²) >= 11 is 3.52. The molecule has 1 atom stereocenters. The van der Waals surface area contributed by atoms with Gasteiger partial charge in [-0.05, 0) is 58.5 Å². The first-order valence-electron chi connectivity index (χ1n) is 11.0. The van der Waals surface area contributed by atoms with Gasteiger partial charge in [-0.3, -0.25) is 9.59 Å². The van der Waals surface area contributed by atoms with Crippen LogP contribution in [-0.2, 0) is 22.6 Å². The van der Waals surface area contributed by atoms with E-state index in [0.717, 1.165) is 29.3 Å². The summed E-state index contributed by atoms with van der Waals surface area (Å²) in [5.74, 6) is 0.284. The summed E-state index contributed by atoms with van der Waals surface area (Å²) in [7, 11) is 0. The normalized spacial score (nSPS) is 11.6. The third kappa shape index (κ3) is 7.69. The SMILES string of the molecule is CCCCNC(=O)C(CC)N(Cc1ccccc1)C(=O)COc1ccc(CC)cc1Br. The maximum absolute atomic E-state index is 13.2. The Bertz CT molecular complexity index is 842. The minimum Gasteiger partial charge on any atom is -0.483 e. The number of benzene rings is 2. The largest absolute Gasteiger partial charge is 0.483 e. The Labute approximate surface area is 194 Å². The summed E-state index contributed by atoms with van der Waals surface area (Å²) in [6, 6.07) is 15.0. The molecule has 0 saturated heterocycles. The molecule has 0 heterocycles. The van der Waals surface area contributed by atoms with Crippen LogP contribution in [0.25, 0.3) is 0 Å². The summed E-state index contributed by atoms with van der Waals surface area (Å²) in [4.78, 5) is 27.7. The number of halogens is 1. The molecule has 2 amide bonds. The lowest BCUT2D eigenvalue weighted by atomic mass is 10.1. The van der Waals surface area contributed by atoms with Gasteiger partial charge in [0.15, 0.2) is 6.61 Å². The lowest BCUT2D eigenvalue weighted by Crippen LogP contribution is -2.50. The molecule has 1 unspecified atom stereocenters. The molecule has 0 bridgehead atoms. The van der Waals surface area contributed by atoms with Crippen molar-refractivity contribution in [3.8, 4) is 5.75 Å². The highest BCUT2D eigenvalue weighted by Crippen LogP contribution is 2.26. The summed E-state index contributed by atoms with van der Waals surface area (Å²) < 4.78 is 6.64. The number of nitrogens with one attached hydrogen (secondary N) is 1. The molecule has 31 heavy (non-hydrogen) atoms. The fraction of sp³-hybridized carbons (Fsp3) is 0.440. The molecule has 2 aromatic carbocycles. The van der Waals surface area contributed by atoms with E-state index < -0.39 is 6.04 Å². The fourth-order valence-corrected chi connectivity index (χ4v) is 3.85. The molecule has 0 radical (unpaired) electrons. The average molecular weight is 489 g/mol. The molecule has 6 heteroatoms. The molecular formula is C25H33BrN2O3. The number of unbranched alkanes of at least 4 members (excludes halogenated alkanes) is 1. The number of hydrogen-bond acceptors (Lipinski definition) is 3. The molecule has 2 rings (SSSR count). The fourth-order valence-electron chi connectivity index (χ4n) is 3.31. The maximum atomic E-state index is 13.2. The van der Waals surface area contributed by atoms with E-state index in [-0.39, 0.29) is 18.4 Å². The third-order valence-corrected chi connectivity index (χ3v) is 5.79. The van der Waals surface area contributed by atoms with Crippen LogP contribution >= 0.6 is 15.9 Å². The Morgan fingerprint density at radius 1 is 1.06 bits per heavy atom. The Balaban J connectivity index is 2.15. The second-order valence-corrected chi connectivity index (χ2v) is 8.34. The molecule has 168 valence electrons. The number of amides is 2. The van der Waals surface area contributed by atoms with Crippen LogP contribution in [0.15, 0.2) is 53.0 Å². The number of carbonyl (C=O) groups is 2. The van der Waals surface area contributed by atoms with Crippen LogP contribution in [0.5, 0.6) is 5.75 Å². The Morgan fingerprint density at radius 2 is 1.81 bits per heavy atom. The van der Waals surface area contributed by atoms with Crippen molar-refractivity contribution in [1.82, 2.24) is 10.2 Å². The van der Waals surface area contributed by atoms with Gasteiger partial charge in [-0.1, -0.05) is 63.6 Å². The van der Waals surface area contributed by atoms with Crippen molar-refractivity contribution in [2.24, 2.45) is 0 Å². The zero-order chi connectivity index (χ0) is 22.6. The molecule has 0 aliphatic carbocycles. The molecule has 1 N–H and O–H groups in total. The van der Waals surface area contributed by atoms with E-state index in [0.29, 0.717) is 25.3 Å². The van der Waals surface area contributed by atoms with Gasteiger partial charge in [0.2, 0.25) is 5.91 Å². The van der Waals surface area contributed by atoms with Crippen molar-refractivity contribution in [1.29, 1.82) is 0 Å². The number of hydrogen-bond donors (Lipinski definition) is 1. The van der Waals surface area contributed by atoms with E-state index >= 15 is 0 Å². The first-order chi connectivity index (χ1) is 15.0. The van der Waals surface area contributed by atoms with Gasteiger partial charge in [-0.25, -0.2) is 0 Å². The standard InChI is InChI=1S/C25H33BrN2O3/c1-4-7-15-27-25(30)22(6-3)28(17-20-11-9-8-10-12-20)24(29)18-31-23-14-13-19(5-2)16-21(23)26/h8-14,16,22H,4-7,15,17-18H2,1-3H3,(H,27,30). The van der Waals surface area contributed by atoms with Gasteiger partial charge in [-0.15, -0.1) is 0 Å². The molecule has 0 aromatic heterocycles. The van der Waals surface area contributed by atoms with Crippen molar-refractivity contribution in [2.45, 2.75) is 59.0 Å². The van der Waals surface area contributed by atoms with E-state index in [2.05, 4.69) is 35.1 Å². The number of aryl methyl sites for hydroxylation is 1. The zero-order valence-electron chi connectivity index (χ0n) is 18.7. The van der Waals surface area contributed by atoms with Crippen molar-refractivity contribution in [3.63, 3.8) is 0 Å². The topological polar surface area (TPSA) is 58.6 Å². The molecule has 0 spiro atoms. The van der Waals surface area contributed by atoms with Gasteiger partial charge >= 0.3 is 0 Å². The third-order valence-electron chi connectivity index (χ3n) is 5.17. The molecule has 0 aliphatic heterocycles. The van der Waals surface area contributed by atoms with Crippen LogP contribution in [0, 0.1) is 0 Å². The second-order valence-electron chi connectivity index (χ2n) is 7.48. The number of nitrogens with zero attached hydrogens (tertiary/aromatic N) is 1. The van der Waals surface area contributed by atoms with E-state index in [4.69, 9.17) is 4.74 Å². The molecule has 5 nitrogen and oxygen atoms in total. The van der Waals surface area contributed by atoms with Gasteiger partial charge in [0.25, 0.3) is 5.91 Å². The van der Waals surface area contributed by atoms with Crippen LogP contribution in [0.3, 0.4) is 0 Å². The first-order valence-corrected chi connectivity index (χ1v) is 11.8. The number of ether oxygens (including phenoxy) is 1. The predicted molar refractivity (Wildman–Crippen MR) is 128 cm³/mol. The van der Waals surface area contributed by atoms with Crippen molar-refractivity contribution < 1.29 is 14.3 Å². The van der Waals surface area contributed by atoms with E-state index in [1.165, 1.54) is 5.56 Å². The van der Waals surface area contributed by atoms with Crippen molar-refractivity contribution >= 4 is 27.7 Å². The lowest BCUT2D eigenvalue weighted by molar-refractivity contribution is -0.143. The van der Waals surface area contributed by atoms with Gasteiger partial charge in [0.05, 0.1) is 4.47 Å². The monoisotopic (exact) mass is 488 g/mol. The Kier molecular flexibility index (Phi) is 10.6. The van der Waals surface area contributed by atoms with Crippen LogP contribution in [-0.4, -0.2) is 35.9 Å². The highest BCUT2D eigenvalue weighted by molar-refractivity contribution is 9.10. The summed E-state index contributed by atoms with van der Waals surface area (Å²) in [5, 5.41) is 2.97. The van der Waals surface area contributed by atoms with E-state index in [1.807, 2.05) is 55.5 Å². The summed E-state index contributed by atoms with van der Waals surface area (Å²) in [6.45, 7) is 6.94. The van der Waals surface area contributed by atoms with Crippen molar-refractivity contribution in [3.05, 3.63) is 64.1 Å². The summed E-state index contributed by atoms with van der Waals surface area (Å²) in [5.41, 5.74) is 2.16. The quantitative estimate of drug-likeness (QED) is 0.422. The second kappa shape index (κ2) is 13.2. The highest BCUT2D eigenvalue weighted by Gasteiger charge is 2.28. The zero-order valence-corrected chi connectivity index (χ0v) is 20.3. The van der Waals surface area contributed by atoms with Crippen LogP contribution in [0.2, 0.25) is 0 Å². The first kappa shape index (κ1) is 24.9. The van der Waals surface area contributed by atoms with Gasteiger partial charge in [0, 0.05) is 13.1 Å². The predicted octanol–water partition coefficient (Wildman–Crippen LogP) is 5.11. The van der Waals surface area contributed by atoms with Crippen LogP contribution < -0.4 is 10.1 Å². The number of carbonyl (C=O) groups excluding carboxylic acids is 2. The van der Waals surface area contributed by atoms with Crippen LogP contribution in [0.1, 0.15) is 51.2 Å². The molecule has 0 aliphatic rings. The van der Waals surface area contributed by atoms with E-state index in [9.17, 15) is 9.59 Å². The Hall–Kier alpha value is -2.34. The van der Waals surface area contributed by atoms with E-state index in [1.54, 1.807) is 4.90 Å². The van der Waals surface area contributed by atoms with Gasteiger partial charge < -0.3 is 15.0 Å². The Morgan fingerprint density at radius 3 is 2.42 bits per heavy atom. The molecular weight excluding hydrogens is 456 g/mol. The lowest BCUT2D eigenvalue weighted by Gasteiger charge is -2.30. The smallest absolute Gasteiger partial charge is 0.261 e. The minimum absolute atomic E-state index is 0.117. The summed E-state index contributed by atoms with van der Waals surface area (Å²) in [6.07, 6.45) is 3.38.